The van der Waals surface area contributed by atoms with Gasteiger partial charge >= 0.3 is 0 Å². The molecule has 1 saturated heterocycles. The highest BCUT2D eigenvalue weighted by Crippen LogP contribution is 2.37. The van der Waals surface area contributed by atoms with Gasteiger partial charge in [0.05, 0.1) is 17.7 Å². The molecule has 160 valence electrons. The van der Waals surface area contributed by atoms with Gasteiger partial charge in [-0.15, -0.1) is 0 Å². The topological polar surface area (TPSA) is 78.1 Å². The van der Waals surface area contributed by atoms with Crippen molar-refractivity contribution in [1.29, 1.82) is 0 Å². The number of fused-ring (bicyclic) bond motifs is 1. The molecule has 3 aliphatic rings. The predicted molar refractivity (Wildman–Crippen MR) is 118 cm³/mol. The highest BCUT2D eigenvalue weighted by atomic mass is 16.2. The molecule has 0 atom stereocenters. The molecule has 6 nitrogen and oxygen atoms in total. The van der Waals surface area contributed by atoms with Crippen LogP contribution in [0, 0.1) is 17.8 Å². The number of hydrogen-bond acceptors (Lipinski definition) is 4. The number of H-pyrrole nitrogens is 1. The molecular formula is C24H32N4O2. The first-order chi connectivity index (χ1) is 14.7. The Balaban J connectivity index is 1.22. The SMILES string of the molecule is O=C(CN1CCC(C2CCCCC2)CC1)Nc1c(C(=O)C2CC2)[nH]c2ccncc12. The van der Waals surface area contributed by atoms with Crippen molar-refractivity contribution in [2.75, 3.05) is 25.0 Å². The van der Waals surface area contributed by atoms with Crippen LogP contribution < -0.4 is 5.32 Å². The normalized spacial score (nSPS) is 21.7. The fourth-order valence-corrected chi connectivity index (χ4v) is 5.47. The van der Waals surface area contributed by atoms with E-state index in [-0.39, 0.29) is 17.6 Å². The number of aromatic amines is 1. The largest absolute Gasteiger partial charge is 0.350 e. The molecule has 0 spiro atoms. The minimum atomic E-state index is -0.0410. The minimum Gasteiger partial charge on any atom is -0.350 e. The summed E-state index contributed by atoms with van der Waals surface area (Å²) in [5.41, 5.74) is 1.99. The number of nitrogens with zero attached hydrogens (tertiary/aromatic N) is 2. The van der Waals surface area contributed by atoms with Crippen LogP contribution in [0.4, 0.5) is 5.69 Å². The van der Waals surface area contributed by atoms with E-state index in [2.05, 4.69) is 20.2 Å². The van der Waals surface area contributed by atoms with E-state index in [0.29, 0.717) is 17.9 Å². The van der Waals surface area contributed by atoms with Gasteiger partial charge in [-0.25, -0.2) is 0 Å². The number of carbonyl (C=O) groups excluding carboxylic acids is 2. The molecule has 0 radical (unpaired) electrons. The zero-order valence-corrected chi connectivity index (χ0v) is 17.7. The molecule has 0 aromatic carbocycles. The van der Waals surface area contributed by atoms with E-state index in [4.69, 9.17) is 0 Å². The zero-order chi connectivity index (χ0) is 20.5. The Kier molecular flexibility index (Phi) is 5.59. The molecule has 0 bridgehead atoms. The second-order valence-corrected chi connectivity index (χ2v) is 9.49. The van der Waals surface area contributed by atoms with Gasteiger partial charge in [-0.2, -0.15) is 0 Å². The van der Waals surface area contributed by atoms with E-state index in [0.717, 1.165) is 48.7 Å². The molecule has 1 amide bonds. The molecule has 6 heteroatoms. The van der Waals surface area contributed by atoms with Crippen LogP contribution in [0.25, 0.3) is 10.9 Å². The third-order valence-corrected chi connectivity index (χ3v) is 7.37. The second-order valence-electron chi connectivity index (χ2n) is 9.49. The maximum absolute atomic E-state index is 12.9. The summed E-state index contributed by atoms with van der Waals surface area (Å²) in [6.07, 6.45) is 14.7. The highest BCUT2D eigenvalue weighted by molar-refractivity contribution is 6.14. The number of Topliss-reactive ketones (excluding diaryl/α,β-unsaturated/α-hetero) is 1. The summed E-state index contributed by atoms with van der Waals surface area (Å²) >= 11 is 0. The van der Waals surface area contributed by atoms with Crippen molar-refractivity contribution in [1.82, 2.24) is 14.9 Å². The Bertz CT molecular complexity index is 918. The summed E-state index contributed by atoms with van der Waals surface area (Å²) < 4.78 is 0. The van der Waals surface area contributed by atoms with E-state index in [9.17, 15) is 9.59 Å². The van der Waals surface area contributed by atoms with Gasteiger partial charge in [-0.1, -0.05) is 32.1 Å². The first-order valence-electron chi connectivity index (χ1n) is 11.7. The van der Waals surface area contributed by atoms with Crippen LogP contribution in [0.5, 0.6) is 0 Å². The van der Waals surface area contributed by atoms with Crippen molar-refractivity contribution in [2.45, 2.75) is 57.8 Å². The van der Waals surface area contributed by atoms with Gasteiger partial charge in [0.2, 0.25) is 5.91 Å². The number of hydrogen-bond donors (Lipinski definition) is 2. The maximum Gasteiger partial charge on any atom is 0.238 e. The van der Waals surface area contributed by atoms with Crippen molar-refractivity contribution >= 4 is 28.3 Å². The first-order valence-corrected chi connectivity index (χ1v) is 11.7. The van der Waals surface area contributed by atoms with Gasteiger partial charge in [0.1, 0.15) is 5.69 Å². The van der Waals surface area contributed by atoms with Gasteiger partial charge < -0.3 is 10.3 Å². The first kappa shape index (κ1) is 19.7. The number of piperidine rings is 1. The molecule has 2 aromatic rings. The summed E-state index contributed by atoms with van der Waals surface area (Å²) in [5, 5.41) is 3.86. The highest BCUT2D eigenvalue weighted by Gasteiger charge is 2.34. The van der Waals surface area contributed by atoms with Crippen LogP contribution in [-0.2, 0) is 4.79 Å². The molecular weight excluding hydrogens is 376 g/mol. The molecule has 0 unspecified atom stereocenters. The lowest BCUT2D eigenvalue weighted by molar-refractivity contribution is -0.117. The maximum atomic E-state index is 12.9. The molecule has 2 aromatic heterocycles. The van der Waals surface area contributed by atoms with Gasteiger partial charge in [0.15, 0.2) is 5.78 Å². The molecule has 3 fully saturated rings. The monoisotopic (exact) mass is 408 g/mol. The number of anilines is 1. The van der Waals surface area contributed by atoms with Gasteiger partial charge in [-0.05, 0) is 56.7 Å². The summed E-state index contributed by atoms with van der Waals surface area (Å²) in [4.78, 5) is 35.3. The van der Waals surface area contributed by atoms with E-state index in [1.807, 2.05) is 6.07 Å². The molecule has 2 aliphatic carbocycles. The molecule has 2 N–H and O–H groups in total. The zero-order valence-electron chi connectivity index (χ0n) is 17.7. The van der Waals surface area contributed by atoms with Gasteiger partial charge in [0.25, 0.3) is 0 Å². The second kappa shape index (κ2) is 8.50. The summed E-state index contributed by atoms with van der Waals surface area (Å²) in [7, 11) is 0. The molecule has 2 saturated carbocycles. The fraction of sp³-hybridized carbons (Fsp3) is 0.625. The quantitative estimate of drug-likeness (QED) is 0.695. The Hall–Kier alpha value is -2.21. The fourth-order valence-electron chi connectivity index (χ4n) is 5.47. The van der Waals surface area contributed by atoms with E-state index in [1.54, 1.807) is 12.4 Å². The Morgan fingerprint density at radius 1 is 1.03 bits per heavy atom. The smallest absolute Gasteiger partial charge is 0.238 e. The molecule has 1 aliphatic heterocycles. The Morgan fingerprint density at radius 2 is 1.77 bits per heavy atom. The molecule has 30 heavy (non-hydrogen) atoms. The number of nitrogens with one attached hydrogen (secondary N) is 2. The summed E-state index contributed by atoms with van der Waals surface area (Å²) in [5.74, 6) is 1.91. The molecule has 3 heterocycles. The third-order valence-electron chi connectivity index (χ3n) is 7.37. The van der Waals surface area contributed by atoms with Crippen LogP contribution >= 0.6 is 0 Å². The lowest BCUT2D eigenvalue weighted by atomic mass is 9.76. The standard InChI is InChI=1S/C24H32N4O2/c29-21(15-28-12-9-17(10-13-28)16-4-2-1-3-5-16)27-22-19-14-25-11-8-20(19)26-23(22)24(30)18-6-7-18/h8,11,14,16-18,26H,1-7,9-10,12-13,15H2,(H,27,29). The summed E-state index contributed by atoms with van der Waals surface area (Å²) in [6, 6.07) is 1.85. The Morgan fingerprint density at radius 3 is 2.50 bits per heavy atom. The predicted octanol–water partition coefficient (Wildman–Crippen LogP) is 4.39. The van der Waals surface area contributed by atoms with Gasteiger partial charge in [-0.3, -0.25) is 19.5 Å². The Labute approximate surface area is 177 Å². The lowest BCUT2D eigenvalue weighted by Crippen LogP contribution is -2.41. The van der Waals surface area contributed by atoms with E-state index >= 15 is 0 Å². The number of carbonyl (C=O) groups is 2. The van der Waals surface area contributed by atoms with E-state index in [1.165, 1.54) is 44.9 Å². The third kappa shape index (κ3) is 4.15. The van der Waals surface area contributed by atoms with Crippen LogP contribution in [-0.4, -0.2) is 46.2 Å². The van der Waals surface area contributed by atoms with Crippen molar-refractivity contribution in [3.8, 4) is 0 Å². The number of rotatable bonds is 6. The van der Waals surface area contributed by atoms with Crippen LogP contribution in [0.2, 0.25) is 0 Å². The van der Waals surface area contributed by atoms with Crippen molar-refractivity contribution in [2.24, 2.45) is 17.8 Å². The number of pyridine rings is 1. The number of likely N-dealkylation sites (tertiary alicyclic amines) is 1. The molecule has 5 rings (SSSR count). The van der Waals surface area contributed by atoms with Crippen LogP contribution in [0.1, 0.15) is 68.3 Å². The average Bonchev–Trinajstić information content (AvgIpc) is 3.57. The average molecular weight is 409 g/mol. The van der Waals surface area contributed by atoms with Crippen LogP contribution in [0.3, 0.4) is 0 Å². The van der Waals surface area contributed by atoms with Crippen molar-refractivity contribution in [3.63, 3.8) is 0 Å². The summed E-state index contributed by atoms with van der Waals surface area (Å²) in [6.45, 7) is 2.39. The van der Waals surface area contributed by atoms with Crippen molar-refractivity contribution in [3.05, 3.63) is 24.2 Å². The van der Waals surface area contributed by atoms with Gasteiger partial charge in [0, 0.05) is 23.7 Å². The van der Waals surface area contributed by atoms with Crippen LogP contribution in [0.15, 0.2) is 18.5 Å². The number of amides is 1. The number of aromatic nitrogens is 2. The number of ketones is 1. The van der Waals surface area contributed by atoms with E-state index < -0.39 is 0 Å². The minimum absolute atomic E-state index is 0.0410. The lowest BCUT2D eigenvalue weighted by Gasteiger charge is -2.37. The van der Waals surface area contributed by atoms with Crippen molar-refractivity contribution < 1.29 is 9.59 Å².